The summed E-state index contributed by atoms with van der Waals surface area (Å²) in [6.45, 7) is 0.718. The molecule has 1 saturated heterocycles. The van der Waals surface area contributed by atoms with Gasteiger partial charge in [0.1, 0.15) is 11.1 Å². The Balaban J connectivity index is 2.05. The van der Waals surface area contributed by atoms with Gasteiger partial charge in [0.05, 0.1) is 6.61 Å². The molecule has 0 aliphatic carbocycles. The van der Waals surface area contributed by atoms with Gasteiger partial charge in [0.15, 0.2) is 5.82 Å². The number of hydrogen-bond acceptors (Lipinski definition) is 6. The molecule has 1 atom stereocenters. The highest BCUT2D eigenvalue weighted by molar-refractivity contribution is 7.16. The number of ether oxygens (including phenoxy) is 1. The third kappa shape index (κ3) is 1.43. The molecule has 7 heteroatoms. The maximum atomic E-state index is 8.97. The second kappa shape index (κ2) is 3.51. The SMILES string of the molecule is OCc1nn2c(C3CCCO3)nnc2s1. The standard InChI is InChI=1S/C8H10N4O2S/c13-4-6-11-12-7(5-2-1-3-14-5)9-10-8(12)15-6/h5,13H,1-4H2. The lowest BCUT2D eigenvalue weighted by atomic mass is 10.2. The zero-order chi connectivity index (χ0) is 10.3. The molecule has 0 bridgehead atoms. The molecule has 15 heavy (non-hydrogen) atoms. The molecular weight excluding hydrogens is 216 g/mol. The minimum Gasteiger partial charge on any atom is -0.389 e. The average Bonchev–Trinajstić information content (AvgIpc) is 2.92. The summed E-state index contributed by atoms with van der Waals surface area (Å²) in [6.07, 6.45) is 2.03. The average molecular weight is 226 g/mol. The van der Waals surface area contributed by atoms with Gasteiger partial charge in [-0.25, -0.2) is 0 Å². The third-order valence-electron chi connectivity index (χ3n) is 2.41. The van der Waals surface area contributed by atoms with Crippen LogP contribution in [-0.2, 0) is 11.3 Å². The number of rotatable bonds is 2. The van der Waals surface area contributed by atoms with Crippen molar-refractivity contribution in [1.29, 1.82) is 0 Å². The van der Waals surface area contributed by atoms with Crippen LogP contribution in [0.3, 0.4) is 0 Å². The molecule has 2 aromatic heterocycles. The normalized spacial score (nSPS) is 21.5. The molecule has 1 fully saturated rings. The highest BCUT2D eigenvalue weighted by Gasteiger charge is 2.24. The van der Waals surface area contributed by atoms with E-state index in [1.807, 2.05) is 0 Å². The van der Waals surface area contributed by atoms with Gasteiger partial charge in [-0.2, -0.15) is 9.61 Å². The topological polar surface area (TPSA) is 72.5 Å². The van der Waals surface area contributed by atoms with Crippen LogP contribution >= 0.6 is 11.3 Å². The quantitative estimate of drug-likeness (QED) is 0.808. The monoisotopic (exact) mass is 226 g/mol. The minimum atomic E-state index is -0.0566. The molecule has 3 rings (SSSR count). The van der Waals surface area contributed by atoms with Gasteiger partial charge in [-0.1, -0.05) is 11.3 Å². The van der Waals surface area contributed by atoms with Crippen molar-refractivity contribution in [3.63, 3.8) is 0 Å². The molecule has 3 heterocycles. The van der Waals surface area contributed by atoms with Crippen molar-refractivity contribution in [3.05, 3.63) is 10.8 Å². The predicted molar refractivity (Wildman–Crippen MR) is 52.5 cm³/mol. The van der Waals surface area contributed by atoms with E-state index in [9.17, 15) is 0 Å². The lowest BCUT2D eigenvalue weighted by Crippen LogP contribution is -2.03. The molecule has 0 amide bonds. The Morgan fingerprint density at radius 2 is 2.47 bits per heavy atom. The van der Waals surface area contributed by atoms with E-state index in [-0.39, 0.29) is 12.7 Å². The second-order valence-electron chi connectivity index (χ2n) is 3.41. The van der Waals surface area contributed by atoms with Gasteiger partial charge < -0.3 is 9.84 Å². The first-order valence-corrected chi connectivity index (χ1v) is 5.63. The molecule has 6 nitrogen and oxygen atoms in total. The minimum absolute atomic E-state index is 0.00800. The van der Waals surface area contributed by atoms with Crippen molar-refractivity contribution in [3.8, 4) is 0 Å². The Morgan fingerprint density at radius 1 is 1.53 bits per heavy atom. The molecule has 1 aliphatic rings. The summed E-state index contributed by atoms with van der Waals surface area (Å²) in [4.78, 5) is 0.713. The summed E-state index contributed by atoms with van der Waals surface area (Å²) < 4.78 is 7.20. The Morgan fingerprint density at radius 3 is 3.20 bits per heavy atom. The van der Waals surface area contributed by atoms with Crippen LogP contribution in [0, 0.1) is 0 Å². The fourth-order valence-electron chi connectivity index (χ4n) is 1.72. The van der Waals surface area contributed by atoms with E-state index in [1.165, 1.54) is 11.3 Å². The Hall–Kier alpha value is -1.05. The summed E-state index contributed by atoms with van der Waals surface area (Å²) in [5, 5.41) is 21.9. The van der Waals surface area contributed by atoms with Crippen molar-refractivity contribution in [2.24, 2.45) is 0 Å². The second-order valence-corrected chi connectivity index (χ2v) is 4.45. The van der Waals surface area contributed by atoms with E-state index in [2.05, 4.69) is 15.3 Å². The van der Waals surface area contributed by atoms with Gasteiger partial charge >= 0.3 is 0 Å². The molecule has 0 radical (unpaired) electrons. The van der Waals surface area contributed by atoms with E-state index in [4.69, 9.17) is 9.84 Å². The van der Waals surface area contributed by atoms with Crippen LogP contribution in [0.4, 0.5) is 0 Å². The van der Waals surface area contributed by atoms with Crippen molar-refractivity contribution < 1.29 is 9.84 Å². The van der Waals surface area contributed by atoms with Crippen molar-refractivity contribution in [2.45, 2.75) is 25.6 Å². The summed E-state index contributed by atoms with van der Waals surface area (Å²) in [7, 11) is 0. The van der Waals surface area contributed by atoms with Gasteiger partial charge in [0, 0.05) is 6.61 Å². The van der Waals surface area contributed by atoms with E-state index < -0.39 is 0 Å². The lowest BCUT2D eigenvalue weighted by Gasteiger charge is -2.03. The number of fused-ring (bicyclic) bond motifs is 1. The molecule has 2 aromatic rings. The van der Waals surface area contributed by atoms with Crippen LogP contribution in [0.25, 0.3) is 4.96 Å². The van der Waals surface area contributed by atoms with Crippen LogP contribution in [0.2, 0.25) is 0 Å². The molecule has 0 spiro atoms. The number of hydrogen-bond donors (Lipinski definition) is 1. The highest BCUT2D eigenvalue weighted by atomic mass is 32.1. The number of nitrogens with zero attached hydrogens (tertiary/aromatic N) is 4. The van der Waals surface area contributed by atoms with Crippen LogP contribution in [0.15, 0.2) is 0 Å². The fourth-order valence-corrected chi connectivity index (χ4v) is 2.42. The smallest absolute Gasteiger partial charge is 0.234 e. The summed E-state index contributed by atoms with van der Waals surface area (Å²) in [5.41, 5.74) is 0. The zero-order valence-corrected chi connectivity index (χ0v) is 8.77. The highest BCUT2D eigenvalue weighted by Crippen LogP contribution is 2.28. The maximum absolute atomic E-state index is 8.97. The van der Waals surface area contributed by atoms with Gasteiger partial charge in [-0.3, -0.25) is 0 Å². The van der Waals surface area contributed by atoms with Crippen LogP contribution < -0.4 is 0 Å². The van der Waals surface area contributed by atoms with Crippen LogP contribution in [-0.4, -0.2) is 31.5 Å². The lowest BCUT2D eigenvalue weighted by molar-refractivity contribution is 0.103. The Kier molecular flexibility index (Phi) is 2.15. The largest absolute Gasteiger partial charge is 0.389 e. The van der Waals surface area contributed by atoms with E-state index in [1.54, 1.807) is 4.52 Å². The van der Waals surface area contributed by atoms with E-state index in [0.29, 0.717) is 9.97 Å². The predicted octanol–water partition coefficient (Wildman–Crippen LogP) is 0.530. The zero-order valence-electron chi connectivity index (χ0n) is 7.96. The molecule has 1 unspecified atom stereocenters. The first kappa shape index (κ1) is 9.20. The van der Waals surface area contributed by atoms with Crippen LogP contribution in [0.1, 0.15) is 29.8 Å². The van der Waals surface area contributed by atoms with Crippen molar-refractivity contribution in [2.75, 3.05) is 6.61 Å². The Bertz CT molecular complexity index is 474. The molecule has 0 saturated carbocycles. The van der Waals surface area contributed by atoms with Crippen LogP contribution in [0.5, 0.6) is 0 Å². The summed E-state index contributed by atoms with van der Waals surface area (Å²) in [6, 6.07) is 0. The van der Waals surface area contributed by atoms with Gasteiger partial charge in [0.25, 0.3) is 0 Å². The van der Waals surface area contributed by atoms with Gasteiger partial charge in [-0.05, 0) is 12.8 Å². The van der Waals surface area contributed by atoms with E-state index in [0.717, 1.165) is 25.3 Å². The van der Waals surface area contributed by atoms with Gasteiger partial charge in [-0.15, -0.1) is 10.2 Å². The first-order valence-electron chi connectivity index (χ1n) is 4.82. The molecule has 1 aliphatic heterocycles. The van der Waals surface area contributed by atoms with E-state index >= 15 is 0 Å². The Labute approximate surface area is 89.5 Å². The maximum Gasteiger partial charge on any atom is 0.234 e. The van der Waals surface area contributed by atoms with Crippen molar-refractivity contribution in [1.82, 2.24) is 19.8 Å². The number of aliphatic hydroxyl groups excluding tert-OH is 1. The molecule has 80 valence electrons. The first-order chi connectivity index (χ1) is 7.38. The summed E-state index contributed by atoms with van der Waals surface area (Å²) >= 11 is 1.35. The number of aliphatic hydroxyl groups is 1. The fraction of sp³-hybridized carbons (Fsp3) is 0.625. The molecule has 1 N–H and O–H groups in total. The third-order valence-corrected chi connectivity index (χ3v) is 3.29. The van der Waals surface area contributed by atoms with Crippen molar-refractivity contribution >= 4 is 16.3 Å². The number of aromatic nitrogens is 4. The molecular formula is C8H10N4O2S. The summed E-state index contributed by atoms with van der Waals surface area (Å²) in [5.74, 6) is 0.749. The molecule has 0 aromatic carbocycles. The van der Waals surface area contributed by atoms with Gasteiger partial charge in [0.2, 0.25) is 4.96 Å².